The van der Waals surface area contributed by atoms with Gasteiger partial charge in [-0.1, -0.05) is 12.1 Å². The summed E-state index contributed by atoms with van der Waals surface area (Å²) in [6, 6.07) is 8.55. The van der Waals surface area contributed by atoms with Crippen molar-refractivity contribution in [2.45, 2.75) is 37.4 Å². The minimum atomic E-state index is -4.59. The van der Waals surface area contributed by atoms with Crippen LogP contribution in [0.5, 0.6) is 0 Å². The molecular weight excluding hydrogens is 485 g/mol. The Morgan fingerprint density at radius 1 is 1.11 bits per heavy atom. The maximum absolute atomic E-state index is 14.1. The van der Waals surface area contributed by atoms with E-state index in [4.69, 9.17) is 4.74 Å². The quantitative estimate of drug-likeness (QED) is 0.397. The van der Waals surface area contributed by atoms with Gasteiger partial charge >= 0.3 is 11.9 Å². The molecule has 5 heterocycles. The fourth-order valence-corrected chi connectivity index (χ4v) is 5.42. The summed E-state index contributed by atoms with van der Waals surface area (Å²) in [7, 11) is 1.88. The Morgan fingerprint density at radius 2 is 1.89 bits per heavy atom. The third kappa shape index (κ3) is 4.25. The molecule has 2 aliphatic rings. The Morgan fingerprint density at radius 3 is 2.54 bits per heavy atom. The van der Waals surface area contributed by atoms with Crippen LogP contribution in [0.4, 0.5) is 13.2 Å². The van der Waals surface area contributed by atoms with Crippen LogP contribution in [0.15, 0.2) is 53.8 Å². The van der Waals surface area contributed by atoms with Crippen molar-refractivity contribution in [1.29, 1.82) is 0 Å². The Balaban J connectivity index is 1.42. The Kier molecular flexibility index (Phi) is 5.72. The maximum Gasteiger partial charge on any atom is 0.418 e. The minimum absolute atomic E-state index is 0.158. The Bertz CT molecular complexity index is 1510. The lowest BCUT2D eigenvalue weighted by Gasteiger charge is -2.41. The molecule has 0 saturated carbocycles. The van der Waals surface area contributed by atoms with Gasteiger partial charge in [0.05, 0.1) is 30.0 Å². The van der Waals surface area contributed by atoms with E-state index in [0.717, 1.165) is 41.7 Å². The average molecular weight is 513 g/mol. The number of aromatic nitrogens is 5. The second-order valence-electron chi connectivity index (χ2n) is 10.1. The van der Waals surface area contributed by atoms with Gasteiger partial charge in [0.1, 0.15) is 12.2 Å². The zero-order valence-electron chi connectivity index (χ0n) is 20.4. The highest BCUT2D eigenvalue weighted by Crippen LogP contribution is 2.37. The number of fused-ring (bicyclic) bond motifs is 1. The van der Waals surface area contributed by atoms with Gasteiger partial charge in [0.15, 0.2) is 0 Å². The average Bonchev–Trinajstić information content (AvgIpc) is 3.57. The molecule has 0 radical (unpaired) electrons. The first kappa shape index (κ1) is 23.9. The van der Waals surface area contributed by atoms with Crippen LogP contribution in [-0.2, 0) is 36.3 Å². The molecule has 3 aromatic heterocycles. The molecule has 0 amide bonds. The number of hydrogen-bond donors (Lipinski definition) is 0. The van der Waals surface area contributed by atoms with Gasteiger partial charge in [-0.2, -0.15) is 13.2 Å². The number of nitrogens with zero attached hydrogens (tertiary/aromatic N) is 6. The first-order chi connectivity index (χ1) is 17.7. The minimum Gasteiger partial charge on any atom is -0.379 e. The molecule has 2 aliphatic heterocycles. The van der Waals surface area contributed by atoms with Crippen molar-refractivity contribution >= 4 is 5.52 Å². The van der Waals surface area contributed by atoms with Crippen LogP contribution in [0.3, 0.4) is 0 Å². The highest BCUT2D eigenvalue weighted by atomic mass is 19.4. The van der Waals surface area contributed by atoms with E-state index >= 15 is 0 Å². The molecule has 4 aromatic rings. The number of pyridine rings is 1. The van der Waals surface area contributed by atoms with Crippen molar-refractivity contribution in [2.75, 3.05) is 26.3 Å². The molecule has 0 atom stereocenters. The number of alkyl halides is 3. The van der Waals surface area contributed by atoms with Crippen LogP contribution in [0.25, 0.3) is 11.2 Å². The second kappa shape index (κ2) is 8.84. The van der Waals surface area contributed by atoms with E-state index < -0.39 is 17.4 Å². The number of aryl methyl sites for hydroxylation is 1. The van der Waals surface area contributed by atoms with E-state index in [9.17, 15) is 18.0 Å². The predicted octanol–water partition coefficient (Wildman–Crippen LogP) is 3.34. The zero-order chi connectivity index (χ0) is 25.8. The summed E-state index contributed by atoms with van der Waals surface area (Å²) in [6.45, 7) is 3.04. The number of imidazole rings is 1. The largest absolute Gasteiger partial charge is 0.418 e. The fourth-order valence-electron chi connectivity index (χ4n) is 5.42. The molecule has 0 aliphatic carbocycles. The Labute approximate surface area is 210 Å². The summed E-state index contributed by atoms with van der Waals surface area (Å²) >= 11 is 0. The lowest BCUT2D eigenvalue weighted by Crippen LogP contribution is -2.49. The summed E-state index contributed by atoms with van der Waals surface area (Å²) in [5.74, 6) is 0.806. The fraction of sp³-hybridized carbons (Fsp3) is 0.423. The van der Waals surface area contributed by atoms with Gasteiger partial charge in [-0.3, -0.25) is 13.9 Å². The van der Waals surface area contributed by atoms with Crippen LogP contribution in [0, 0.1) is 0 Å². The van der Waals surface area contributed by atoms with Crippen molar-refractivity contribution in [1.82, 2.24) is 28.6 Å². The smallest absolute Gasteiger partial charge is 0.379 e. The standard InChI is InChI=1S/C26H27F3N6O2/c1-32-17-30-31-23(32)11-25(15-37-16-25)19-5-4-6-20(10-19)34-14-22-21(26(27,28)29)9-18(13-35(22)24(34)36)12-33-7-2-3-8-33/h4-6,9-10,13-14,17H,2-3,7-8,11-12,15-16H2,1H3. The molecule has 37 heavy (non-hydrogen) atoms. The summed E-state index contributed by atoms with van der Waals surface area (Å²) in [5, 5.41) is 8.15. The maximum atomic E-state index is 14.1. The molecule has 0 spiro atoms. The SMILES string of the molecule is Cn1cnnc1CC1(c2cccc(-n3cc4c(C(F)(F)F)cc(CN5CCCC5)cn4c3=O)c2)COC1. The molecule has 194 valence electrons. The number of benzene rings is 1. The van der Waals surface area contributed by atoms with Crippen molar-refractivity contribution in [3.8, 4) is 5.69 Å². The molecule has 2 saturated heterocycles. The molecule has 8 nitrogen and oxygen atoms in total. The Hall–Kier alpha value is -3.44. The molecular formula is C26H27F3N6O2. The second-order valence-corrected chi connectivity index (χ2v) is 10.1. The summed E-state index contributed by atoms with van der Waals surface area (Å²) in [4.78, 5) is 15.6. The van der Waals surface area contributed by atoms with Gasteiger partial charge in [-0.05, 0) is 55.3 Å². The summed E-state index contributed by atoms with van der Waals surface area (Å²) in [6.07, 6.45) is 2.54. The van der Waals surface area contributed by atoms with Gasteiger partial charge in [-0.25, -0.2) is 4.79 Å². The van der Waals surface area contributed by atoms with Gasteiger partial charge in [0.2, 0.25) is 0 Å². The molecule has 6 rings (SSSR count). The number of likely N-dealkylation sites (tertiary alicyclic amines) is 1. The molecule has 1 aromatic carbocycles. The first-order valence-electron chi connectivity index (χ1n) is 12.3. The third-order valence-electron chi connectivity index (χ3n) is 7.53. The summed E-state index contributed by atoms with van der Waals surface area (Å²) in [5.41, 5.74) is 0.0744. The van der Waals surface area contributed by atoms with Crippen molar-refractivity contribution in [3.63, 3.8) is 0 Å². The topological polar surface area (TPSA) is 69.6 Å². The number of hydrogen-bond acceptors (Lipinski definition) is 5. The van der Waals surface area contributed by atoms with Crippen LogP contribution < -0.4 is 5.69 Å². The van der Waals surface area contributed by atoms with E-state index in [-0.39, 0.29) is 10.9 Å². The van der Waals surface area contributed by atoms with Gasteiger partial charge in [-0.15, -0.1) is 10.2 Å². The number of rotatable bonds is 6. The molecule has 0 bridgehead atoms. The van der Waals surface area contributed by atoms with Crippen molar-refractivity contribution in [2.24, 2.45) is 7.05 Å². The first-order valence-corrected chi connectivity index (χ1v) is 12.3. The third-order valence-corrected chi connectivity index (χ3v) is 7.53. The lowest BCUT2D eigenvalue weighted by atomic mass is 9.75. The van der Waals surface area contributed by atoms with E-state index in [0.29, 0.717) is 37.4 Å². The highest BCUT2D eigenvalue weighted by Gasteiger charge is 2.42. The monoisotopic (exact) mass is 512 g/mol. The van der Waals surface area contributed by atoms with Crippen LogP contribution in [-0.4, -0.2) is 54.9 Å². The highest BCUT2D eigenvalue weighted by molar-refractivity contribution is 5.58. The lowest BCUT2D eigenvalue weighted by molar-refractivity contribution is -0.136. The van der Waals surface area contributed by atoms with E-state index in [1.54, 1.807) is 18.6 Å². The number of ether oxygens (including phenoxy) is 1. The predicted molar refractivity (Wildman–Crippen MR) is 130 cm³/mol. The zero-order valence-corrected chi connectivity index (χ0v) is 20.4. The van der Waals surface area contributed by atoms with Crippen LogP contribution in [0.1, 0.15) is 35.4 Å². The molecule has 0 N–H and O–H groups in total. The van der Waals surface area contributed by atoms with E-state index in [2.05, 4.69) is 15.1 Å². The normalized spacial score (nSPS) is 17.9. The van der Waals surface area contributed by atoms with Gasteiger partial charge < -0.3 is 9.30 Å². The van der Waals surface area contributed by atoms with E-state index in [1.807, 2.05) is 29.8 Å². The van der Waals surface area contributed by atoms with Gasteiger partial charge in [0, 0.05) is 37.8 Å². The number of halogens is 3. The summed E-state index contributed by atoms with van der Waals surface area (Å²) < 4.78 is 52.1. The van der Waals surface area contributed by atoms with Gasteiger partial charge in [0.25, 0.3) is 0 Å². The molecule has 2 fully saturated rings. The van der Waals surface area contributed by atoms with Crippen LogP contribution >= 0.6 is 0 Å². The van der Waals surface area contributed by atoms with E-state index in [1.165, 1.54) is 16.8 Å². The van der Waals surface area contributed by atoms with Crippen LogP contribution in [0.2, 0.25) is 0 Å². The molecule has 0 unspecified atom stereocenters. The van der Waals surface area contributed by atoms with Crippen molar-refractivity contribution in [3.05, 3.63) is 82.1 Å². The van der Waals surface area contributed by atoms with Crippen molar-refractivity contribution < 1.29 is 17.9 Å². The molecule has 11 heteroatoms.